The molecule has 0 amide bonds. The molecule has 1 N–H and O–H groups in total. The van der Waals surface area contributed by atoms with E-state index in [1.165, 1.54) is 6.07 Å². The number of benzene rings is 1. The molecule has 0 aromatic heterocycles. The van der Waals surface area contributed by atoms with Crippen molar-refractivity contribution in [3.63, 3.8) is 0 Å². The van der Waals surface area contributed by atoms with E-state index in [9.17, 15) is 17.6 Å². The normalized spacial score (nSPS) is 13.2. The molecule has 0 aliphatic heterocycles. The van der Waals surface area contributed by atoms with E-state index >= 15 is 0 Å². The molecular weight excluding hydrogens is 234 g/mol. The predicted molar refractivity (Wildman–Crippen MR) is 56.5 cm³/mol. The highest BCUT2D eigenvalue weighted by Crippen LogP contribution is 2.31. The summed E-state index contributed by atoms with van der Waals surface area (Å²) in [7, 11) is 0. The van der Waals surface area contributed by atoms with Gasteiger partial charge in [-0.1, -0.05) is 12.0 Å². The Bertz CT molecular complexity index is 431. The van der Waals surface area contributed by atoms with E-state index in [-0.39, 0.29) is 12.6 Å². The van der Waals surface area contributed by atoms with E-state index in [4.69, 9.17) is 6.42 Å². The zero-order valence-electron chi connectivity index (χ0n) is 9.11. The minimum Gasteiger partial charge on any atom is -0.300 e. The average Bonchev–Trinajstić information content (AvgIpc) is 2.26. The van der Waals surface area contributed by atoms with Crippen LogP contribution >= 0.6 is 0 Å². The molecule has 1 aromatic carbocycles. The Kier molecular flexibility index (Phi) is 4.13. The molecule has 1 rings (SSSR count). The molecule has 0 aliphatic rings. The van der Waals surface area contributed by atoms with Gasteiger partial charge in [-0.05, 0) is 24.6 Å². The van der Waals surface area contributed by atoms with Crippen LogP contribution in [0.25, 0.3) is 0 Å². The van der Waals surface area contributed by atoms with Gasteiger partial charge < -0.3 is 0 Å². The molecule has 0 spiro atoms. The molecule has 0 saturated heterocycles. The van der Waals surface area contributed by atoms with Gasteiger partial charge in [0.1, 0.15) is 5.82 Å². The molecule has 5 heteroatoms. The summed E-state index contributed by atoms with van der Waals surface area (Å²) in [6.45, 7) is 1.86. The number of halogens is 4. The van der Waals surface area contributed by atoms with E-state index in [0.29, 0.717) is 5.56 Å². The van der Waals surface area contributed by atoms with Crippen LogP contribution in [0, 0.1) is 18.2 Å². The van der Waals surface area contributed by atoms with Crippen molar-refractivity contribution in [2.45, 2.75) is 25.7 Å². The first kappa shape index (κ1) is 13.5. The predicted octanol–water partition coefficient (Wildman–Crippen LogP) is 2.96. The smallest absolute Gasteiger partial charge is 0.300 e. The van der Waals surface area contributed by atoms with Crippen LogP contribution in [0.3, 0.4) is 0 Å². The highest BCUT2D eigenvalue weighted by atomic mass is 19.4. The van der Waals surface area contributed by atoms with E-state index in [2.05, 4.69) is 11.2 Å². The summed E-state index contributed by atoms with van der Waals surface area (Å²) in [5.41, 5.74) is -0.925. The molecule has 0 heterocycles. The van der Waals surface area contributed by atoms with Gasteiger partial charge in [0.15, 0.2) is 0 Å². The quantitative estimate of drug-likeness (QED) is 0.637. The molecule has 0 saturated carbocycles. The van der Waals surface area contributed by atoms with Gasteiger partial charge in [-0.3, -0.25) is 5.32 Å². The molecule has 0 radical (unpaired) electrons. The van der Waals surface area contributed by atoms with Gasteiger partial charge in [-0.15, -0.1) is 6.42 Å². The summed E-state index contributed by atoms with van der Waals surface area (Å²) in [5, 5.41) is 2.82. The van der Waals surface area contributed by atoms with Gasteiger partial charge in [-0.2, -0.15) is 13.2 Å². The lowest BCUT2D eigenvalue weighted by Crippen LogP contribution is -2.23. The molecule has 0 aliphatic carbocycles. The van der Waals surface area contributed by atoms with Crippen molar-refractivity contribution in [2.24, 2.45) is 0 Å². The van der Waals surface area contributed by atoms with Crippen LogP contribution in [0.1, 0.15) is 18.1 Å². The Morgan fingerprint density at radius 3 is 2.59 bits per heavy atom. The fourth-order valence-electron chi connectivity index (χ4n) is 1.23. The van der Waals surface area contributed by atoms with Crippen LogP contribution in [-0.4, -0.2) is 6.04 Å². The van der Waals surface area contributed by atoms with Crippen molar-refractivity contribution in [3.8, 4) is 12.3 Å². The molecule has 0 fully saturated rings. The Balaban J connectivity index is 2.87. The maximum atomic E-state index is 13.0. The van der Waals surface area contributed by atoms with Gasteiger partial charge >= 0.3 is 6.18 Å². The number of terminal acetylenes is 1. The van der Waals surface area contributed by atoms with Crippen LogP contribution in [0.4, 0.5) is 17.6 Å². The first-order valence-electron chi connectivity index (χ1n) is 4.89. The van der Waals surface area contributed by atoms with Crippen LogP contribution in [-0.2, 0) is 12.7 Å². The first-order valence-corrected chi connectivity index (χ1v) is 4.89. The van der Waals surface area contributed by atoms with Crippen LogP contribution in [0.5, 0.6) is 0 Å². The fraction of sp³-hybridized carbons (Fsp3) is 0.333. The molecule has 17 heavy (non-hydrogen) atoms. The maximum absolute atomic E-state index is 13.0. The van der Waals surface area contributed by atoms with Crippen molar-refractivity contribution in [3.05, 3.63) is 35.1 Å². The second-order valence-corrected chi connectivity index (χ2v) is 3.58. The zero-order valence-corrected chi connectivity index (χ0v) is 9.11. The van der Waals surface area contributed by atoms with Crippen LogP contribution in [0.15, 0.2) is 18.2 Å². The average molecular weight is 245 g/mol. The lowest BCUT2D eigenvalue weighted by atomic mass is 10.1. The Morgan fingerprint density at radius 2 is 2.06 bits per heavy atom. The summed E-state index contributed by atoms with van der Waals surface area (Å²) in [4.78, 5) is 0. The fourth-order valence-corrected chi connectivity index (χ4v) is 1.23. The van der Waals surface area contributed by atoms with Crippen molar-refractivity contribution in [1.29, 1.82) is 0 Å². The summed E-state index contributed by atoms with van der Waals surface area (Å²) in [6, 6.07) is 2.63. The summed E-state index contributed by atoms with van der Waals surface area (Å²) in [5.74, 6) is 1.11. The van der Waals surface area contributed by atoms with Gasteiger partial charge in [0.2, 0.25) is 0 Å². The van der Waals surface area contributed by atoms with Gasteiger partial charge in [0, 0.05) is 6.54 Å². The van der Waals surface area contributed by atoms with Crippen LogP contribution in [0.2, 0.25) is 0 Å². The standard InChI is InChI=1S/C12H11F4N/c1-3-8(2)17-7-9-4-5-11(13)10(6-9)12(14,15)16/h1,4-6,8,17H,7H2,2H3. The molecule has 1 nitrogen and oxygen atoms in total. The van der Waals surface area contributed by atoms with Gasteiger partial charge in [0.05, 0.1) is 11.6 Å². The van der Waals surface area contributed by atoms with Crippen molar-refractivity contribution < 1.29 is 17.6 Å². The van der Waals surface area contributed by atoms with E-state index in [0.717, 1.165) is 12.1 Å². The third-order valence-electron chi connectivity index (χ3n) is 2.20. The summed E-state index contributed by atoms with van der Waals surface area (Å²) in [6.07, 6.45) is 0.424. The Hall–Kier alpha value is -1.54. The Labute approximate surface area is 96.8 Å². The lowest BCUT2D eigenvalue weighted by molar-refractivity contribution is -0.140. The molecular formula is C12H11F4N. The SMILES string of the molecule is C#CC(C)NCc1ccc(F)c(C(F)(F)F)c1. The first-order chi connectivity index (χ1) is 7.84. The van der Waals surface area contributed by atoms with E-state index < -0.39 is 17.6 Å². The second-order valence-electron chi connectivity index (χ2n) is 3.58. The number of hydrogen-bond acceptors (Lipinski definition) is 1. The topological polar surface area (TPSA) is 12.0 Å². The molecule has 92 valence electrons. The lowest BCUT2D eigenvalue weighted by Gasteiger charge is -2.11. The van der Waals surface area contributed by atoms with E-state index in [1.807, 2.05) is 0 Å². The molecule has 1 unspecified atom stereocenters. The van der Waals surface area contributed by atoms with Crippen molar-refractivity contribution in [2.75, 3.05) is 0 Å². The maximum Gasteiger partial charge on any atom is 0.419 e. The zero-order chi connectivity index (χ0) is 13.1. The third kappa shape index (κ3) is 3.75. The largest absolute Gasteiger partial charge is 0.419 e. The minimum absolute atomic E-state index is 0.161. The van der Waals surface area contributed by atoms with Crippen molar-refractivity contribution in [1.82, 2.24) is 5.32 Å². The third-order valence-corrected chi connectivity index (χ3v) is 2.20. The summed E-state index contributed by atoms with van der Waals surface area (Å²) >= 11 is 0. The molecule has 1 aromatic rings. The molecule has 1 atom stereocenters. The Morgan fingerprint density at radius 1 is 1.41 bits per heavy atom. The highest BCUT2D eigenvalue weighted by molar-refractivity contribution is 5.27. The van der Waals surface area contributed by atoms with Crippen molar-refractivity contribution >= 4 is 0 Å². The number of nitrogens with one attached hydrogen (secondary N) is 1. The minimum atomic E-state index is -4.68. The van der Waals surface area contributed by atoms with Gasteiger partial charge in [0.25, 0.3) is 0 Å². The second kappa shape index (κ2) is 5.19. The number of alkyl halides is 3. The van der Waals surface area contributed by atoms with Crippen LogP contribution < -0.4 is 5.32 Å². The summed E-state index contributed by atoms with van der Waals surface area (Å²) < 4.78 is 50.2. The van der Waals surface area contributed by atoms with E-state index in [1.54, 1.807) is 6.92 Å². The highest BCUT2D eigenvalue weighted by Gasteiger charge is 2.34. The number of hydrogen-bond donors (Lipinski definition) is 1. The molecule has 0 bridgehead atoms. The van der Waals surface area contributed by atoms with Gasteiger partial charge in [-0.25, -0.2) is 4.39 Å². The monoisotopic (exact) mass is 245 g/mol. The number of rotatable bonds is 3.